The lowest BCUT2D eigenvalue weighted by Gasteiger charge is -2.18. The Morgan fingerprint density at radius 1 is 1.28 bits per heavy atom. The molecule has 3 aromatic rings. The molecule has 0 bridgehead atoms. The van der Waals surface area contributed by atoms with Crippen molar-refractivity contribution in [2.45, 2.75) is 13.3 Å². The zero-order valence-electron chi connectivity index (χ0n) is 17.6. The molecule has 0 spiro atoms. The number of anilines is 1. The second-order valence-electron chi connectivity index (χ2n) is 8.03. The highest BCUT2D eigenvalue weighted by molar-refractivity contribution is 6.31. The van der Waals surface area contributed by atoms with Crippen LogP contribution in [0.5, 0.6) is 5.75 Å². The minimum atomic E-state index is 0.640. The molecule has 1 atom stereocenters. The molecular formula is C21H27ClN6O. The van der Waals surface area contributed by atoms with E-state index in [-0.39, 0.29) is 0 Å². The molecule has 8 heteroatoms. The van der Waals surface area contributed by atoms with Gasteiger partial charge in [0.1, 0.15) is 17.4 Å². The molecule has 2 aromatic heterocycles. The average molecular weight is 415 g/mol. The minimum Gasteiger partial charge on any atom is -0.496 e. The van der Waals surface area contributed by atoms with Gasteiger partial charge in [0.05, 0.1) is 18.9 Å². The highest BCUT2D eigenvalue weighted by Gasteiger charge is 2.25. The number of rotatable bonds is 5. The lowest BCUT2D eigenvalue weighted by Crippen LogP contribution is -2.26. The lowest BCUT2D eigenvalue weighted by atomic mass is 10.1. The first-order valence-electron chi connectivity index (χ1n) is 9.81. The summed E-state index contributed by atoms with van der Waals surface area (Å²) in [6.45, 7) is 5.10. The number of nitrogens with zero attached hydrogens (tertiary/aromatic N) is 6. The predicted octanol–water partition coefficient (Wildman–Crippen LogP) is 3.39. The monoisotopic (exact) mass is 414 g/mol. The van der Waals surface area contributed by atoms with Crippen LogP contribution in [0.2, 0.25) is 5.02 Å². The van der Waals surface area contributed by atoms with E-state index in [4.69, 9.17) is 26.3 Å². The first-order chi connectivity index (χ1) is 13.9. The molecule has 0 N–H and O–H groups in total. The minimum absolute atomic E-state index is 0.640. The van der Waals surface area contributed by atoms with E-state index in [2.05, 4.69) is 28.9 Å². The van der Waals surface area contributed by atoms with E-state index >= 15 is 0 Å². The Morgan fingerprint density at radius 3 is 2.79 bits per heavy atom. The lowest BCUT2D eigenvalue weighted by molar-refractivity contribution is 0.340. The molecule has 1 saturated heterocycles. The van der Waals surface area contributed by atoms with Crippen molar-refractivity contribution in [2.75, 3.05) is 45.7 Å². The summed E-state index contributed by atoms with van der Waals surface area (Å²) in [5.74, 6) is 3.01. The summed E-state index contributed by atoms with van der Waals surface area (Å²) in [7, 11) is 7.84. The van der Waals surface area contributed by atoms with Gasteiger partial charge < -0.3 is 19.1 Å². The molecular weight excluding hydrogens is 388 g/mol. The maximum Gasteiger partial charge on any atom is 0.200 e. The van der Waals surface area contributed by atoms with E-state index in [0.29, 0.717) is 22.3 Å². The fourth-order valence-electron chi connectivity index (χ4n) is 4.19. The molecule has 0 radical (unpaired) electrons. The fourth-order valence-corrected chi connectivity index (χ4v) is 4.46. The van der Waals surface area contributed by atoms with Gasteiger partial charge in [0, 0.05) is 31.7 Å². The van der Waals surface area contributed by atoms with Crippen LogP contribution in [0.1, 0.15) is 12.0 Å². The summed E-state index contributed by atoms with van der Waals surface area (Å²) in [5, 5.41) is 0.640. The Morgan fingerprint density at radius 2 is 2.07 bits per heavy atom. The van der Waals surface area contributed by atoms with Crippen LogP contribution >= 0.6 is 11.6 Å². The SMILES string of the molecule is COc1cc(Cl)cc(C)c1-c1nc2nc(N3CC[C@H](CN(C)C)C3)cnc2n1C. The summed E-state index contributed by atoms with van der Waals surface area (Å²) < 4.78 is 7.53. The smallest absolute Gasteiger partial charge is 0.200 e. The molecule has 4 rings (SSSR count). The van der Waals surface area contributed by atoms with Crippen LogP contribution in [0.4, 0.5) is 5.82 Å². The molecule has 0 unspecified atom stereocenters. The Hall–Kier alpha value is -2.38. The fraction of sp³-hybridized carbons (Fsp3) is 0.476. The molecule has 154 valence electrons. The predicted molar refractivity (Wildman–Crippen MR) is 117 cm³/mol. The van der Waals surface area contributed by atoms with Crippen molar-refractivity contribution in [3.63, 3.8) is 0 Å². The number of imidazole rings is 1. The summed E-state index contributed by atoms with van der Waals surface area (Å²) in [6.07, 6.45) is 3.03. The van der Waals surface area contributed by atoms with Crippen molar-refractivity contribution in [1.29, 1.82) is 0 Å². The average Bonchev–Trinajstić information content (AvgIpc) is 3.25. The van der Waals surface area contributed by atoms with Crippen LogP contribution in [0.3, 0.4) is 0 Å². The zero-order valence-corrected chi connectivity index (χ0v) is 18.4. The zero-order chi connectivity index (χ0) is 20.7. The molecule has 3 heterocycles. The number of aryl methyl sites for hydroxylation is 2. The van der Waals surface area contributed by atoms with Crippen molar-refractivity contribution < 1.29 is 4.74 Å². The summed E-state index contributed by atoms with van der Waals surface area (Å²) in [4.78, 5) is 18.9. The molecule has 29 heavy (non-hydrogen) atoms. The van der Waals surface area contributed by atoms with Crippen molar-refractivity contribution in [2.24, 2.45) is 13.0 Å². The Balaban J connectivity index is 1.71. The molecule has 1 aromatic carbocycles. The molecule has 0 amide bonds. The van der Waals surface area contributed by atoms with E-state index in [1.807, 2.05) is 36.9 Å². The van der Waals surface area contributed by atoms with Gasteiger partial charge in [-0.15, -0.1) is 0 Å². The second-order valence-corrected chi connectivity index (χ2v) is 8.47. The van der Waals surface area contributed by atoms with Crippen LogP contribution in [-0.2, 0) is 7.05 Å². The number of halogens is 1. The topological polar surface area (TPSA) is 59.3 Å². The van der Waals surface area contributed by atoms with E-state index in [1.165, 1.54) is 6.42 Å². The molecule has 1 aliphatic heterocycles. The second kappa shape index (κ2) is 7.80. The summed E-state index contributed by atoms with van der Waals surface area (Å²) in [5.41, 5.74) is 3.31. The molecule has 0 saturated carbocycles. The van der Waals surface area contributed by atoms with Crippen LogP contribution in [0, 0.1) is 12.8 Å². The van der Waals surface area contributed by atoms with Crippen molar-refractivity contribution >= 4 is 28.7 Å². The number of benzene rings is 1. The molecule has 7 nitrogen and oxygen atoms in total. The summed E-state index contributed by atoms with van der Waals surface area (Å²) >= 11 is 6.20. The normalized spacial score (nSPS) is 16.9. The quantitative estimate of drug-likeness (QED) is 0.637. The number of fused-ring (bicyclic) bond motifs is 1. The van der Waals surface area contributed by atoms with Crippen LogP contribution in [0.25, 0.3) is 22.7 Å². The standard InChI is InChI=1S/C21H27ClN6O/c1-13-8-15(22)9-16(29-5)18(13)20-25-19-21(27(20)4)23-10-17(24-19)28-7-6-14(12-28)11-26(2)3/h8-10,14H,6-7,11-12H2,1-5H3/t14-/m1/s1. The maximum absolute atomic E-state index is 6.20. The Kier molecular flexibility index (Phi) is 5.36. The van der Waals surface area contributed by atoms with Gasteiger partial charge in [-0.1, -0.05) is 11.6 Å². The largest absolute Gasteiger partial charge is 0.496 e. The number of hydrogen-bond acceptors (Lipinski definition) is 6. The first-order valence-corrected chi connectivity index (χ1v) is 10.2. The number of hydrogen-bond donors (Lipinski definition) is 0. The first kappa shape index (κ1) is 19.9. The van der Waals surface area contributed by atoms with Gasteiger partial charge in [0.15, 0.2) is 11.3 Å². The summed E-state index contributed by atoms with van der Waals surface area (Å²) in [6, 6.07) is 3.73. The highest BCUT2D eigenvalue weighted by atomic mass is 35.5. The van der Waals surface area contributed by atoms with Gasteiger partial charge in [-0.3, -0.25) is 0 Å². The Bertz CT molecular complexity index is 1050. The maximum atomic E-state index is 6.20. The van der Waals surface area contributed by atoms with Gasteiger partial charge in [-0.25, -0.2) is 15.0 Å². The van der Waals surface area contributed by atoms with Crippen molar-refractivity contribution in [3.05, 3.63) is 28.9 Å². The third-order valence-electron chi connectivity index (χ3n) is 5.51. The van der Waals surface area contributed by atoms with Gasteiger partial charge in [-0.2, -0.15) is 0 Å². The molecule has 1 aliphatic rings. The number of methoxy groups -OCH3 is 1. The third kappa shape index (κ3) is 3.76. The van der Waals surface area contributed by atoms with Gasteiger partial charge in [-0.05, 0) is 51.1 Å². The van der Waals surface area contributed by atoms with Crippen LogP contribution in [-0.4, -0.2) is 65.3 Å². The highest BCUT2D eigenvalue weighted by Crippen LogP contribution is 2.36. The number of aromatic nitrogens is 4. The van der Waals surface area contributed by atoms with E-state index in [9.17, 15) is 0 Å². The molecule has 1 fully saturated rings. The van der Waals surface area contributed by atoms with E-state index in [0.717, 1.165) is 48.1 Å². The Labute approximate surface area is 176 Å². The molecule has 0 aliphatic carbocycles. The third-order valence-corrected chi connectivity index (χ3v) is 5.73. The van der Waals surface area contributed by atoms with E-state index in [1.54, 1.807) is 7.11 Å². The van der Waals surface area contributed by atoms with Crippen LogP contribution < -0.4 is 9.64 Å². The van der Waals surface area contributed by atoms with E-state index < -0.39 is 0 Å². The van der Waals surface area contributed by atoms with Gasteiger partial charge in [0.25, 0.3) is 0 Å². The van der Waals surface area contributed by atoms with Crippen molar-refractivity contribution in [1.82, 2.24) is 24.4 Å². The van der Waals surface area contributed by atoms with Gasteiger partial charge >= 0.3 is 0 Å². The van der Waals surface area contributed by atoms with Gasteiger partial charge in [0.2, 0.25) is 0 Å². The number of ether oxygens (including phenoxy) is 1. The van der Waals surface area contributed by atoms with Crippen LogP contribution in [0.15, 0.2) is 18.3 Å². The van der Waals surface area contributed by atoms with Crippen molar-refractivity contribution in [3.8, 4) is 17.1 Å².